The van der Waals surface area contributed by atoms with E-state index in [1.807, 2.05) is 50.2 Å². The van der Waals surface area contributed by atoms with E-state index in [9.17, 15) is 4.79 Å². The van der Waals surface area contributed by atoms with Crippen LogP contribution in [0.4, 0.5) is 10.6 Å². The Hall–Kier alpha value is -2.51. The standard InChI is InChI=1S/C18H16ClN3O/c1-18(2)12-22(17(23)21-18)16-9-8-14(11-20-16)7-6-13-4-3-5-15(19)10-13/h3-5,8-11H,12H2,1-2H3,(H,21,23). The Kier molecular flexibility index (Phi) is 3.97. The molecule has 2 aromatic rings. The summed E-state index contributed by atoms with van der Waals surface area (Å²) < 4.78 is 0. The third-order valence-electron chi connectivity index (χ3n) is 3.44. The van der Waals surface area contributed by atoms with Gasteiger partial charge in [-0.25, -0.2) is 9.78 Å². The molecule has 0 atom stereocenters. The van der Waals surface area contributed by atoms with Gasteiger partial charge in [0.1, 0.15) is 5.82 Å². The fourth-order valence-electron chi connectivity index (χ4n) is 2.38. The molecule has 0 bridgehead atoms. The van der Waals surface area contributed by atoms with Crippen molar-refractivity contribution in [1.29, 1.82) is 0 Å². The van der Waals surface area contributed by atoms with E-state index in [0.717, 1.165) is 11.1 Å². The van der Waals surface area contributed by atoms with Crippen molar-refractivity contribution in [2.24, 2.45) is 0 Å². The molecule has 1 N–H and O–H groups in total. The Morgan fingerprint density at radius 1 is 1.22 bits per heavy atom. The predicted octanol–water partition coefficient (Wildman–Crippen LogP) is 3.44. The molecule has 0 spiro atoms. The van der Waals surface area contributed by atoms with E-state index in [-0.39, 0.29) is 11.6 Å². The number of amides is 2. The van der Waals surface area contributed by atoms with Gasteiger partial charge >= 0.3 is 6.03 Å². The Balaban J connectivity index is 1.77. The van der Waals surface area contributed by atoms with Crippen molar-refractivity contribution in [2.75, 3.05) is 11.4 Å². The Morgan fingerprint density at radius 3 is 2.61 bits per heavy atom. The highest BCUT2D eigenvalue weighted by Crippen LogP contribution is 2.21. The van der Waals surface area contributed by atoms with Gasteiger partial charge < -0.3 is 5.32 Å². The van der Waals surface area contributed by atoms with E-state index < -0.39 is 0 Å². The number of anilines is 1. The monoisotopic (exact) mass is 325 g/mol. The zero-order valence-electron chi connectivity index (χ0n) is 12.9. The van der Waals surface area contributed by atoms with Gasteiger partial charge in [-0.1, -0.05) is 29.5 Å². The summed E-state index contributed by atoms with van der Waals surface area (Å²) in [7, 11) is 0. The number of nitrogens with one attached hydrogen (secondary N) is 1. The average molecular weight is 326 g/mol. The minimum Gasteiger partial charge on any atom is -0.331 e. The molecule has 0 unspecified atom stereocenters. The summed E-state index contributed by atoms with van der Waals surface area (Å²) >= 11 is 5.93. The number of carbonyl (C=O) groups excluding carboxylic acids is 1. The Morgan fingerprint density at radius 2 is 2.00 bits per heavy atom. The molecular weight excluding hydrogens is 310 g/mol. The molecule has 2 amide bonds. The molecule has 2 heterocycles. The van der Waals surface area contributed by atoms with Gasteiger partial charge in [0.15, 0.2) is 0 Å². The van der Waals surface area contributed by atoms with Crippen LogP contribution in [0, 0.1) is 11.8 Å². The lowest BCUT2D eigenvalue weighted by molar-refractivity contribution is 0.248. The Labute approximate surface area is 140 Å². The first-order valence-electron chi connectivity index (χ1n) is 7.26. The summed E-state index contributed by atoms with van der Waals surface area (Å²) in [4.78, 5) is 17.9. The van der Waals surface area contributed by atoms with Crippen LogP contribution in [-0.4, -0.2) is 23.1 Å². The number of pyridine rings is 1. The fraction of sp³-hybridized carbons (Fsp3) is 0.222. The van der Waals surface area contributed by atoms with Crippen molar-refractivity contribution in [3.05, 3.63) is 58.7 Å². The molecule has 116 valence electrons. The van der Waals surface area contributed by atoms with Crippen molar-refractivity contribution in [1.82, 2.24) is 10.3 Å². The van der Waals surface area contributed by atoms with Gasteiger partial charge in [0.2, 0.25) is 0 Å². The predicted molar refractivity (Wildman–Crippen MR) is 91.6 cm³/mol. The number of halogens is 1. The van der Waals surface area contributed by atoms with Gasteiger partial charge in [0.05, 0.1) is 12.1 Å². The lowest BCUT2D eigenvalue weighted by atomic mass is 10.1. The van der Waals surface area contributed by atoms with E-state index in [1.165, 1.54) is 0 Å². The lowest BCUT2D eigenvalue weighted by Gasteiger charge is -2.16. The summed E-state index contributed by atoms with van der Waals surface area (Å²) in [6.45, 7) is 4.55. The van der Waals surface area contributed by atoms with Crippen molar-refractivity contribution in [3.63, 3.8) is 0 Å². The Bertz CT molecular complexity index is 803. The van der Waals surface area contributed by atoms with Crippen LogP contribution in [-0.2, 0) is 0 Å². The minimum absolute atomic E-state index is 0.125. The normalized spacial score (nSPS) is 15.8. The molecule has 1 saturated heterocycles. The molecule has 1 aromatic carbocycles. The zero-order valence-corrected chi connectivity index (χ0v) is 13.7. The molecule has 3 rings (SSSR count). The quantitative estimate of drug-likeness (QED) is 0.816. The van der Waals surface area contributed by atoms with Crippen LogP contribution < -0.4 is 10.2 Å². The molecule has 4 nitrogen and oxygen atoms in total. The van der Waals surface area contributed by atoms with E-state index >= 15 is 0 Å². The minimum atomic E-state index is -0.246. The third-order valence-corrected chi connectivity index (χ3v) is 3.68. The second kappa shape index (κ2) is 5.94. The van der Waals surface area contributed by atoms with Crippen molar-refractivity contribution in [3.8, 4) is 11.8 Å². The van der Waals surface area contributed by atoms with E-state index in [0.29, 0.717) is 17.4 Å². The molecule has 1 aliphatic rings. The van der Waals surface area contributed by atoms with Crippen LogP contribution in [0.25, 0.3) is 0 Å². The van der Waals surface area contributed by atoms with E-state index in [1.54, 1.807) is 11.1 Å². The fourth-order valence-corrected chi connectivity index (χ4v) is 2.57. The van der Waals surface area contributed by atoms with Gasteiger partial charge in [0, 0.05) is 22.3 Å². The average Bonchev–Trinajstić information content (AvgIpc) is 2.79. The first-order chi connectivity index (χ1) is 10.9. The number of urea groups is 1. The van der Waals surface area contributed by atoms with Crippen LogP contribution in [0.2, 0.25) is 5.02 Å². The van der Waals surface area contributed by atoms with E-state index in [4.69, 9.17) is 11.6 Å². The van der Waals surface area contributed by atoms with Crippen LogP contribution >= 0.6 is 11.6 Å². The van der Waals surface area contributed by atoms with Gasteiger partial charge in [0.25, 0.3) is 0 Å². The van der Waals surface area contributed by atoms with Gasteiger partial charge in [-0.15, -0.1) is 0 Å². The maximum atomic E-state index is 12.0. The number of benzene rings is 1. The molecule has 1 fully saturated rings. The SMILES string of the molecule is CC1(C)CN(c2ccc(C#Cc3cccc(Cl)c3)cn2)C(=O)N1. The molecule has 0 aliphatic carbocycles. The highest BCUT2D eigenvalue weighted by atomic mass is 35.5. The maximum Gasteiger partial charge on any atom is 0.323 e. The summed E-state index contributed by atoms with van der Waals surface area (Å²) in [5.74, 6) is 6.71. The van der Waals surface area contributed by atoms with Crippen molar-refractivity contribution in [2.45, 2.75) is 19.4 Å². The first-order valence-corrected chi connectivity index (χ1v) is 7.64. The molecule has 0 saturated carbocycles. The number of hydrogen-bond donors (Lipinski definition) is 1. The number of rotatable bonds is 1. The first kappa shape index (κ1) is 15.4. The second-order valence-electron chi connectivity index (χ2n) is 6.07. The molecular formula is C18H16ClN3O. The summed E-state index contributed by atoms with van der Waals surface area (Å²) in [6, 6.07) is 10.9. The van der Waals surface area contributed by atoms with Crippen LogP contribution in [0.3, 0.4) is 0 Å². The largest absolute Gasteiger partial charge is 0.331 e. The maximum absolute atomic E-state index is 12.0. The zero-order chi connectivity index (χ0) is 16.4. The molecule has 1 aromatic heterocycles. The number of aromatic nitrogens is 1. The molecule has 1 aliphatic heterocycles. The van der Waals surface area contributed by atoms with Gasteiger partial charge in [-0.2, -0.15) is 0 Å². The highest BCUT2D eigenvalue weighted by Gasteiger charge is 2.35. The molecule has 23 heavy (non-hydrogen) atoms. The smallest absolute Gasteiger partial charge is 0.323 e. The summed E-state index contributed by atoms with van der Waals surface area (Å²) in [5, 5.41) is 3.57. The molecule has 0 radical (unpaired) electrons. The number of hydrogen-bond acceptors (Lipinski definition) is 2. The number of carbonyl (C=O) groups is 1. The van der Waals surface area contributed by atoms with Crippen molar-refractivity contribution >= 4 is 23.4 Å². The second-order valence-corrected chi connectivity index (χ2v) is 6.50. The summed E-state index contributed by atoms with van der Waals surface area (Å²) in [6.07, 6.45) is 1.67. The van der Waals surface area contributed by atoms with Crippen LogP contribution in [0.15, 0.2) is 42.6 Å². The molecule has 5 heteroatoms. The van der Waals surface area contributed by atoms with Crippen molar-refractivity contribution < 1.29 is 4.79 Å². The van der Waals surface area contributed by atoms with Crippen LogP contribution in [0.5, 0.6) is 0 Å². The van der Waals surface area contributed by atoms with E-state index in [2.05, 4.69) is 22.1 Å². The topological polar surface area (TPSA) is 45.2 Å². The van der Waals surface area contributed by atoms with Gasteiger partial charge in [-0.3, -0.25) is 4.90 Å². The third kappa shape index (κ3) is 3.64. The van der Waals surface area contributed by atoms with Crippen LogP contribution in [0.1, 0.15) is 25.0 Å². The lowest BCUT2D eigenvalue weighted by Crippen LogP contribution is -2.36. The highest BCUT2D eigenvalue weighted by molar-refractivity contribution is 6.30. The van der Waals surface area contributed by atoms with Gasteiger partial charge in [-0.05, 0) is 44.2 Å². The number of nitrogens with zero attached hydrogens (tertiary/aromatic N) is 2. The summed E-state index contributed by atoms with van der Waals surface area (Å²) in [5.41, 5.74) is 1.39.